The molecule has 76 valence electrons. The zero-order valence-electron chi connectivity index (χ0n) is 7.40. The lowest BCUT2D eigenvalue weighted by Gasteiger charge is -2.04. The van der Waals surface area contributed by atoms with Crippen LogP contribution >= 0.6 is 15.9 Å². The fourth-order valence-electron chi connectivity index (χ4n) is 0.856. The van der Waals surface area contributed by atoms with Gasteiger partial charge in [-0.1, -0.05) is 40.7 Å². The summed E-state index contributed by atoms with van der Waals surface area (Å²) in [4.78, 5) is 0.258. The van der Waals surface area contributed by atoms with E-state index in [2.05, 4.69) is 27.2 Å². The molecule has 0 unspecified atom stereocenters. The molecule has 0 aliphatic carbocycles. The van der Waals surface area contributed by atoms with Crippen molar-refractivity contribution in [1.82, 2.24) is 4.72 Å². The first-order valence-electron chi connectivity index (χ1n) is 3.90. The largest absolute Gasteiger partial charge is 0.240 e. The summed E-state index contributed by atoms with van der Waals surface area (Å²) < 4.78 is 26.1. The Hall–Kier alpha value is -0.650. The van der Waals surface area contributed by atoms with Gasteiger partial charge in [0.05, 0.1) is 4.90 Å². The van der Waals surface area contributed by atoms with Crippen molar-refractivity contribution >= 4 is 26.0 Å². The first-order valence-corrected chi connectivity index (χ1v) is 6.18. The molecule has 0 aliphatic heterocycles. The van der Waals surface area contributed by atoms with Gasteiger partial charge in [-0.2, -0.15) is 0 Å². The lowest BCUT2D eigenvalue weighted by Crippen LogP contribution is -2.24. The molecule has 5 heteroatoms. The zero-order valence-corrected chi connectivity index (χ0v) is 9.81. The van der Waals surface area contributed by atoms with E-state index in [-0.39, 0.29) is 11.4 Å². The smallest absolute Gasteiger partial charge is 0.207 e. The minimum atomic E-state index is -3.40. The van der Waals surface area contributed by atoms with Gasteiger partial charge in [-0.15, -0.1) is 0 Å². The van der Waals surface area contributed by atoms with Crippen LogP contribution in [0, 0.1) is 0 Å². The quantitative estimate of drug-likeness (QED) is 0.912. The van der Waals surface area contributed by atoms with Gasteiger partial charge in [0.2, 0.25) is 10.0 Å². The monoisotopic (exact) mass is 275 g/mol. The van der Waals surface area contributed by atoms with E-state index in [1.54, 1.807) is 30.3 Å². The molecule has 0 heterocycles. The van der Waals surface area contributed by atoms with Gasteiger partial charge in [0.15, 0.2) is 0 Å². The number of nitrogens with one attached hydrogen (secondary N) is 1. The number of sulfonamides is 1. The predicted molar refractivity (Wildman–Crippen MR) is 59.7 cm³/mol. The average molecular weight is 276 g/mol. The van der Waals surface area contributed by atoms with E-state index in [1.807, 2.05) is 0 Å². The van der Waals surface area contributed by atoms with Crippen LogP contribution in [-0.4, -0.2) is 15.0 Å². The molecule has 3 nitrogen and oxygen atoms in total. The molecule has 0 fully saturated rings. The van der Waals surface area contributed by atoms with Crippen LogP contribution in [0.25, 0.3) is 0 Å². The van der Waals surface area contributed by atoms with Crippen LogP contribution < -0.4 is 4.72 Å². The van der Waals surface area contributed by atoms with Crippen LogP contribution in [-0.2, 0) is 10.0 Å². The van der Waals surface area contributed by atoms with E-state index in [1.165, 1.54) is 0 Å². The van der Waals surface area contributed by atoms with Gasteiger partial charge in [0.25, 0.3) is 0 Å². The second kappa shape index (κ2) is 4.72. The standard InChI is InChI=1S/C9H10BrNO2S/c1-8(10)7-11-14(12,13)9-5-3-2-4-6-9/h2-6,11H,1,7H2. The van der Waals surface area contributed by atoms with Crippen molar-refractivity contribution in [1.29, 1.82) is 0 Å². The Morgan fingerprint density at radius 1 is 1.36 bits per heavy atom. The highest BCUT2D eigenvalue weighted by atomic mass is 79.9. The molecule has 1 aromatic rings. The zero-order chi connectivity index (χ0) is 10.6. The van der Waals surface area contributed by atoms with Gasteiger partial charge in [-0.3, -0.25) is 0 Å². The Labute approximate surface area is 92.0 Å². The third kappa shape index (κ3) is 3.25. The highest BCUT2D eigenvalue weighted by Crippen LogP contribution is 2.08. The lowest BCUT2D eigenvalue weighted by atomic mass is 10.4. The highest BCUT2D eigenvalue weighted by molar-refractivity contribution is 9.11. The van der Waals surface area contributed by atoms with E-state index in [0.29, 0.717) is 4.48 Å². The molecule has 0 saturated carbocycles. The Bertz CT molecular complexity index is 414. The summed E-state index contributed by atoms with van der Waals surface area (Å²) in [6.45, 7) is 3.73. The Balaban J connectivity index is 2.82. The van der Waals surface area contributed by atoms with Crippen LogP contribution in [0.4, 0.5) is 0 Å². The van der Waals surface area contributed by atoms with Crippen molar-refractivity contribution < 1.29 is 8.42 Å². The predicted octanol–water partition coefficient (Wildman–Crippen LogP) is 1.87. The Kier molecular flexibility index (Phi) is 3.86. The van der Waals surface area contributed by atoms with Crippen molar-refractivity contribution in [3.63, 3.8) is 0 Å². The third-order valence-electron chi connectivity index (χ3n) is 1.51. The highest BCUT2D eigenvalue weighted by Gasteiger charge is 2.11. The van der Waals surface area contributed by atoms with Crippen LogP contribution in [0.15, 0.2) is 46.3 Å². The molecule has 14 heavy (non-hydrogen) atoms. The number of hydrogen-bond donors (Lipinski definition) is 1. The van der Waals surface area contributed by atoms with Crippen LogP contribution in [0.5, 0.6) is 0 Å². The number of benzene rings is 1. The molecule has 0 atom stereocenters. The first-order chi connectivity index (χ1) is 6.52. The maximum absolute atomic E-state index is 11.6. The van der Waals surface area contributed by atoms with E-state index < -0.39 is 10.0 Å². The molecular formula is C9H10BrNO2S. The van der Waals surface area contributed by atoms with Gasteiger partial charge in [-0.05, 0) is 12.1 Å². The lowest BCUT2D eigenvalue weighted by molar-refractivity contribution is 0.585. The van der Waals surface area contributed by atoms with Gasteiger partial charge >= 0.3 is 0 Å². The van der Waals surface area contributed by atoms with Gasteiger partial charge in [-0.25, -0.2) is 13.1 Å². The third-order valence-corrected chi connectivity index (χ3v) is 3.21. The Morgan fingerprint density at radius 2 is 1.93 bits per heavy atom. The topological polar surface area (TPSA) is 46.2 Å². The molecule has 0 saturated heterocycles. The summed E-state index contributed by atoms with van der Waals surface area (Å²) >= 11 is 3.08. The molecule has 0 aliphatic rings. The van der Waals surface area contributed by atoms with Crippen LogP contribution in [0.2, 0.25) is 0 Å². The molecule has 0 aromatic heterocycles. The summed E-state index contributed by atoms with van der Waals surface area (Å²) in [5.41, 5.74) is 0. The average Bonchev–Trinajstić information content (AvgIpc) is 2.16. The van der Waals surface area contributed by atoms with Crippen LogP contribution in [0.1, 0.15) is 0 Å². The minimum Gasteiger partial charge on any atom is -0.207 e. The summed E-state index contributed by atoms with van der Waals surface area (Å²) in [6, 6.07) is 8.20. The van der Waals surface area contributed by atoms with E-state index in [0.717, 1.165) is 0 Å². The maximum Gasteiger partial charge on any atom is 0.240 e. The second-order valence-corrected chi connectivity index (χ2v) is 5.54. The van der Waals surface area contributed by atoms with E-state index in [4.69, 9.17) is 0 Å². The fourth-order valence-corrected chi connectivity index (χ4v) is 2.23. The van der Waals surface area contributed by atoms with E-state index >= 15 is 0 Å². The number of halogens is 1. The molecule has 0 amide bonds. The van der Waals surface area contributed by atoms with Crippen molar-refractivity contribution in [2.75, 3.05) is 6.54 Å². The minimum absolute atomic E-state index is 0.192. The molecule has 0 spiro atoms. The molecular weight excluding hydrogens is 266 g/mol. The second-order valence-electron chi connectivity index (χ2n) is 2.65. The molecule has 0 bridgehead atoms. The summed E-state index contributed by atoms with van der Waals surface area (Å²) in [6.07, 6.45) is 0. The first kappa shape index (κ1) is 11.4. The summed E-state index contributed by atoms with van der Waals surface area (Å²) in [5, 5.41) is 0. The molecule has 1 aromatic carbocycles. The van der Waals surface area contributed by atoms with Gasteiger partial charge in [0, 0.05) is 11.0 Å². The number of rotatable bonds is 4. The van der Waals surface area contributed by atoms with Crippen LogP contribution in [0.3, 0.4) is 0 Å². The van der Waals surface area contributed by atoms with Crippen molar-refractivity contribution in [2.45, 2.75) is 4.90 Å². The normalized spacial score (nSPS) is 11.2. The maximum atomic E-state index is 11.6. The van der Waals surface area contributed by atoms with Crippen molar-refractivity contribution in [2.24, 2.45) is 0 Å². The Morgan fingerprint density at radius 3 is 2.43 bits per heavy atom. The number of hydrogen-bond acceptors (Lipinski definition) is 2. The van der Waals surface area contributed by atoms with E-state index in [9.17, 15) is 8.42 Å². The van der Waals surface area contributed by atoms with Crippen molar-refractivity contribution in [3.8, 4) is 0 Å². The fraction of sp³-hybridized carbons (Fsp3) is 0.111. The van der Waals surface area contributed by atoms with Crippen molar-refractivity contribution in [3.05, 3.63) is 41.4 Å². The molecule has 0 radical (unpaired) electrons. The summed E-state index contributed by atoms with van der Waals surface area (Å²) in [5.74, 6) is 0. The SMILES string of the molecule is C=C(Br)CNS(=O)(=O)c1ccccc1. The van der Waals surface area contributed by atoms with Gasteiger partial charge in [0.1, 0.15) is 0 Å². The summed E-state index contributed by atoms with van der Waals surface area (Å²) in [7, 11) is -3.40. The molecule has 1 N–H and O–H groups in total. The van der Waals surface area contributed by atoms with Gasteiger partial charge < -0.3 is 0 Å². The molecule has 1 rings (SSSR count).